The summed E-state index contributed by atoms with van der Waals surface area (Å²) in [5, 5.41) is 0.827. The highest BCUT2D eigenvalue weighted by Crippen LogP contribution is 2.31. The second kappa shape index (κ2) is 9.13. The Morgan fingerprint density at radius 3 is 2.17 bits per heavy atom. The Labute approximate surface area is 213 Å². The van der Waals surface area contributed by atoms with Crippen LogP contribution >= 0.6 is 15.9 Å². The number of benzene rings is 3. The van der Waals surface area contributed by atoms with Crippen molar-refractivity contribution in [1.82, 2.24) is 0 Å². The SMILES string of the molecule is CC(=O)Oc1ccc2oc(C)c(C(=O)Oc3ccc4c(=O)c(-c5ccc(Br)cc5)c(C)oc4c3)c2c1. The molecule has 0 amide bonds. The van der Waals surface area contributed by atoms with Crippen LogP contribution in [0.4, 0.5) is 0 Å². The first kappa shape index (κ1) is 23.6. The number of rotatable bonds is 4. The molecule has 0 aliphatic heterocycles. The molecule has 5 rings (SSSR count). The van der Waals surface area contributed by atoms with Crippen LogP contribution in [0.15, 0.2) is 78.8 Å². The van der Waals surface area contributed by atoms with Gasteiger partial charge in [-0.3, -0.25) is 9.59 Å². The van der Waals surface area contributed by atoms with Gasteiger partial charge in [0, 0.05) is 22.8 Å². The highest BCUT2D eigenvalue weighted by atomic mass is 79.9. The number of ether oxygens (including phenoxy) is 2. The summed E-state index contributed by atoms with van der Waals surface area (Å²) in [5.41, 5.74) is 2.01. The lowest BCUT2D eigenvalue weighted by atomic mass is 10.0. The Hall–Kier alpha value is -4.17. The maximum absolute atomic E-state index is 13.2. The van der Waals surface area contributed by atoms with E-state index in [4.69, 9.17) is 18.3 Å². The third-order valence-corrected chi connectivity index (χ3v) is 6.21. The van der Waals surface area contributed by atoms with Gasteiger partial charge in [0.05, 0.1) is 10.9 Å². The number of halogens is 1. The lowest BCUT2D eigenvalue weighted by Gasteiger charge is -2.09. The number of esters is 2. The molecule has 2 heterocycles. The fourth-order valence-electron chi connectivity index (χ4n) is 4.14. The Morgan fingerprint density at radius 1 is 0.778 bits per heavy atom. The van der Waals surface area contributed by atoms with E-state index in [1.165, 1.54) is 13.0 Å². The summed E-state index contributed by atoms with van der Waals surface area (Å²) in [6.45, 7) is 4.66. The van der Waals surface area contributed by atoms with Gasteiger partial charge in [-0.1, -0.05) is 28.1 Å². The molecule has 180 valence electrons. The number of carbonyl (C=O) groups is 2. The molecule has 0 aliphatic rings. The molecule has 2 aromatic heterocycles. The van der Waals surface area contributed by atoms with Gasteiger partial charge in [-0.15, -0.1) is 0 Å². The molecule has 8 heteroatoms. The predicted octanol–water partition coefficient (Wildman–Crippen LogP) is 6.73. The zero-order chi connectivity index (χ0) is 25.6. The van der Waals surface area contributed by atoms with E-state index in [1.54, 1.807) is 44.2 Å². The van der Waals surface area contributed by atoms with Gasteiger partial charge < -0.3 is 18.3 Å². The van der Waals surface area contributed by atoms with Gasteiger partial charge in [0.2, 0.25) is 5.43 Å². The van der Waals surface area contributed by atoms with Gasteiger partial charge >= 0.3 is 11.9 Å². The molecular weight excluding hydrogens is 528 g/mol. The Kier molecular flexibility index (Phi) is 5.97. The lowest BCUT2D eigenvalue weighted by Crippen LogP contribution is -2.10. The summed E-state index contributed by atoms with van der Waals surface area (Å²) in [5.74, 6) is 0.169. The van der Waals surface area contributed by atoms with Crippen LogP contribution in [-0.4, -0.2) is 11.9 Å². The van der Waals surface area contributed by atoms with Gasteiger partial charge in [0.15, 0.2) is 0 Å². The molecule has 5 aromatic rings. The normalized spacial score (nSPS) is 11.1. The second-order valence-corrected chi connectivity index (χ2v) is 9.12. The van der Waals surface area contributed by atoms with E-state index in [9.17, 15) is 14.4 Å². The molecule has 0 N–H and O–H groups in total. The minimum absolute atomic E-state index is 0.177. The summed E-state index contributed by atoms with van der Waals surface area (Å²) >= 11 is 3.40. The van der Waals surface area contributed by atoms with Crippen LogP contribution in [0.2, 0.25) is 0 Å². The average Bonchev–Trinajstić information content (AvgIpc) is 3.14. The van der Waals surface area contributed by atoms with Gasteiger partial charge in [-0.25, -0.2) is 4.79 Å². The fraction of sp³-hybridized carbons (Fsp3) is 0.107. The summed E-state index contributed by atoms with van der Waals surface area (Å²) in [6, 6.07) is 16.8. The molecule has 0 unspecified atom stereocenters. The van der Waals surface area contributed by atoms with Crippen molar-refractivity contribution in [3.8, 4) is 22.6 Å². The summed E-state index contributed by atoms with van der Waals surface area (Å²) in [4.78, 5) is 37.6. The van der Waals surface area contributed by atoms with E-state index in [0.717, 1.165) is 10.0 Å². The molecule has 0 saturated heterocycles. The Balaban J connectivity index is 1.50. The predicted molar refractivity (Wildman–Crippen MR) is 138 cm³/mol. The standard InChI is InChI=1S/C28H19BrO7/c1-14-25(17-4-6-18(29)7-5-17)27(31)21-10-8-20(13-24(21)34-14)36-28(32)26-15(2)33-23-11-9-19(12-22(23)26)35-16(3)30/h4-13H,1-3H3. The van der Waals surface area contributed by atoms with E-state index in [2.05, 4.69) is 15.9 Å². The van der Waals surface area contributed by atoms with E-state index in [0.29, 0.717) is 39.0 Å². The lowest BCUT2D eigenvalue weighted by molar-refractivity contribution is -0.131. The van der Waals surface area contributed by atoms with Crippen LogP contribution in [0.1, 0.15) is 28.8 Å². The maximum Gasteiger partial charge on any atom is 0.347 e. The third kappa shape index (κ3) is 4.31. The van der Waals surface area contributed by atoms with Crippen LogP contribution in [0.5, 0.6) is 11.5 Å². The number of hydrogen-bond acceptors (Lipinski definition) is 7. The summed E-state index contributed by atoms with van der Waals surface area (Å²) in [6.07, 6.45) is 0. The van der Waals surface area contributed by atoms with Crippen molar-refractivity contribution in [2.45, 2.75) is 20.8 Å². The largest absolute Gasteiger partial charge is 0.460 e. The summed E-state index contributed by atoms with van der Waals surface area (Å²) < 4.78 is 23.3. The third-order valence-electron chi connectivity index (χ3n) is 5.68. The number of aryl methyl sites for hydroxylation is 2. The van der Waals surface area contributed by atoms with Crippen molar-refractivity contribution in [3.05, 3.63) is 92.4 Å². The molecule has 7 nitrogen and oxygen atoms in total. The molecular formula is C28H19BrO7. The zero-order valence-corrected chi connectivity index (χ0v) is 21.1. The van der Waals surface area contributed by atoms with Crippen LogP contribution in [0.3, 0.4) is 0 Å². The van der Waals surface area contributed by atoms with Crippen LogP contribution < -0.4 is 14.9 Å². The highest BCUT2D eigenvalue weighted by Gasteiger charge is 2.22. The van der Waals surface area contributed by atoms with Gasteiger partial charge in [-0.05, 0) is 61.9 Å². The number of fused-ring (bicyclic) bond motifs is 2. The van der Waals surface area contributed by atoms with Crippen molar-refractivity contribution >= 4 is 49.8 Å². The van der Waals surface area contributed by atoms with E-state index in [1.807, 2.05) is 24.3 Å². The van der Waals surface area contributed by atoms with E-state index >= 15 is 0 Å². The maximum atomic E-state index is 13.2. The first-order chi connectivity index (χ1) is 17.2. The van der Waals surface area contributed by atoms with Crippen molar-refractivity contribution in [2.24, 2.45) is 0 Å². The molecule has 0 radical (unpaired) electrons. The molecule has 36 heavy (non-hydrogen) atoms. The molecule has 0 atom stereocenters. The van der Waals surface area contributed by atoms with Gasteiger partial charge in [0.1, 0.15) is 39.7 Å². The molecule has 0 spiro atoms. The first-order valence-corrected chi connectivity index (χ1v) is 11.8. The highest BCUT2D eigenvalue weighted by molar-refractivity contribution is 9.10. The minimum atomic E-state index is -0.656. The monoisotopic (exact) mass is 546 g/mol. The second-order valence-electron chi connectivity index (χ2n) is 8.20. The molecule has 0 fully saturated rings. The van der Waals surface area contributed by atoms with Crippen molar-refractivity contribution < 1.29 is 27.9 Å². The van der Waals surface area contributed by atoms with Crippen LogP contribution in [0, 0.1) is 13.8 Å². The fourth-order valence-corrected chi connectivity index (χ4v) is 4.40. The van der Waals surface area contributed by atoms with Gasteiger partial charge in [0.25, 0.3) is 0 Å². The molecule has 0 aliphatic carbocycles. The number of furan rings is 1. The molecule has 3 aromatic carbocycles. The average molecular weight is 547 g/mol. The Bertz CT molecular complexity index is 1730. The zero-order valence-electron chi connectivity index (χ0n) is 19.5. The minimum Gasteiger partial charge on any atom is -0.460 e. The van der Waals surface area contributed by atoms with Crippen LogP contribution in [-0.2, 0) is 4.79 Å². The first-order valence-electron chi connectivity index (χ1n) is 11.0. The van der Waals surface area contributed by atoms with Gasteiger partial charge in [-0.2, -0.15) is 0 Å². The topological polar surface area (TPSA) is 96.0 Å². The molecule has 0 saturated carbocycles. The smallest absolute Gasteiger partial charge is 0.347 e. The summed E-state index contributed by atoms with van der Waals surface area (Å²) in [7, 11) is 0. The van der Waals surface area contributed by atoms with E-state index < -0.39 is 11.9 Å². The van der Waals surface area contributed by atoms with Crippen molar-refractivity contribution in [3.63, 3.8) is 0 Å². The number of hydrogen-bond donors (Lipinski definition) is 0. The van der Waals surface area contributed by atoms with Crippen molar-refractivity contribution in [1.29, 1.82) is 0 Å². The number of carbonyl (C=O) groups excluding carboxylic acids is 2. The molecule has 0 bridgehead atoms. The van der Waals surface area contributed by atoms with Crippen LogP contribution in [0.25, 0.3) is 33.1 Å². The van der Waals surface area contributed by atoms with E-state index in [-0.39, 0.29) is 22.5 Å². The Morgan fingerprint density at radius 2 is 1.44 bits per heavy atom. The quantitative estimate of drug-likeness (QED) is 0.182. The van der Waals surface area contributed by atoms with Crippen molar-refractivity contribution in [2.75, 3.05) is 0 Å².